The molecule has 0 aliphatic rings. The van der Waals surface area contributed by atoms with E-state index in [9.17, 15) is 8.42 Å². The number of hydrogen-bond donors (Lipinski definition) is 3. The molecule has 0 saturated heterocycles. The van der Waals surface area contributed by atoms with Crippen LogP contribution < -0.4 is 15.4 Å². The molecule has 1 rings (SSSR count). The van der Waals surface area contributed by atoms with E-state index in [1.54, 1.807) is 25.3 Å². The summed E-state index contributed by atoms with van der Waals surface area (Å²) >= 11 is 1.62. The Labute approximate surface area is 159 Å². The number of aliphatic imine (C=N–C) groups is 1. The monoisotopic (exact) mass is 475 g/mol. The number of rotatable bonds is 8. The summed E-state index contributed by atoms with van der Waals surface area (Å²) in [5, 5.41) is 9.28. The second-order valence-corrected chi connectivity index (χ2v) is 8.01. The van der Waals surface area contributed by atoms with Crippen LogP contribution in [0.1, 0.15) is 37.4 Å². The van der Waals surface area contributed by atoms with Gasteiger partial charge in [-0.2, -0.15) is 0 Å². The van der Waals surface area contributed by atoms with Crippen LogP contribution in [0.25, 0.3) is 0 Å². The predicted octanol–water partition coefficient (Wildman–Crippen LogP) is 1.49. The lowest BCUT2D eigenvalue weighted by Crippen LogP contribution is -2.41. The SMILES string of the molecule is CCS(=O)(=O)NCCNC(=NC)NCc1nc(C(C)C)cs1.I. The van der Waals surface area contributed by atoms with Crippen molar-refractivity contribution in [3.63, 3.8) is 0 Å². The fourth-order valence-electron chi connectivity index (χ4n) is 1.54. The number of hydrogen-bond acceptors (Lipinski definition) is 5. The molecule has 0 spiro atoms. The van der Waals surface area contributed by atoms with E-state index < -0.39 is 10.0 Å². The summed E-state index contributed by atoms with van der Waals surface area (Å²) < 4.78 is 25.1. The highest BCUT2D eigenvalue weighted by molar-refractivity contribution is 14.0. The molecule has 0 aliphatic carbocycles. The zero-order valence-corrected chi connectivity index (χ0v) is 17.9. The van der Waals surface area contributed by atoms with E-state index in [4.69, 9.17) is 0 Å². The fourth-order valence-corrected chi connectivity index (χ4v) is 3.05. The van der Waals surface area contributed by atoms with E-state index in [-0.39, 0.29) is 29.7 Å². The first-order chi connectivity index (χ1) is 10.4. The first-order valence-electron chi connectivity index (χ1n) is 7.24. The lowest BCUT2D eigenvalue weighted by molar-refractivity contribution is 0.582. The number of sulfonamides is 1. The van der Waals surface area contributed by atoms with Gasteiger partial charge >= 0.3 is 0 Å². The van der Waals surface area contributed by atoms with Gasteiger partial charge in [-0.1, -0.05) is 13.8 Å². The molecule has 0 saturated carbocycles. The van der Waals surface area contributed by atoms with Gasteiger partial charge in [-0.15, -0.1) is 35.3 Å². The zero-order valence-electron chi connectivity index (χ0n) is 13.9. The molecule has 134 valence electrons. The summed E-state index contributed by atoms with van der Waals surface area (Å²) in [6.45, 7) is 7.22. The van der Waals surface area contributed by atoms with E-state index >= 15 is 0 Å². The van der Waals surface area contributed by atoms with Crippen LogP contribution in [0.3, 0.4) is 0 Å². The Balaban J connectivity index is 0.00000484. The van der Waals surface area contributed by atoms with Gasteiger partial charge in [0, 0.05) is 25.5 Å². The van der Waals surface area contributed by atoms with E-state index in [1.165, 1.54) is 0 Å². The highest BCUT2D eigenvalue weighted by atomic mass is 127. The van der Waals surface area contributed by atoms with Crippen LogP contribution >= 0.6 is 35.3 Å². The van der Waals surface area contributed by atoms with Crippen molar-refractivity contribution in [2.45, 2.75) is 33.2 Å². The molecular formula is C13H26IN5O2S2. The van der Waals surface area contributed by atoms with E-state index in [0.29, 0.717) is 31.5 Å². The summed E-state index contributed by atoms with van der Waals surface area (Å²) in [6.07, 6.45) is 0. The molecule has 0 atom stereocenters. The third-order valence-electron chi connectivity index (χ3n) is 2.91. The molecule has 0 radical (unpaired) electrons. The number of halogens is 1. The van der Waals surface area contributed by atoms with Crippen molar-refractivity contribution in [2.24, 2.45) is 4.99 Å². The minimum Gasteiger partial charge on any atom is -0.355 e. The molecular weight excluding hydrogens is 449 g/mol. The largest absolute Gasteiger partial charge is 0.355 e. The van der Waals surface area contributed by atoms with Crippen LogP contribution in [0.5, 0.6) is 0 Å². The summed E-state index contributed by atoms with van der Waals surface area (Å²) in [4.78, 5) is 8.63. The molecule has 10 heteroatoms. The van der Waals surface area contributed by atoms with Crippen LogP contribution in [0, 0.1) is 0 Å². The molecule has 1 aromatic heterocycles. The highest BCUT2D eigenvalue weighted by Gasteiger charge is 2.07. The minimum absolute atomic E-state index is 0. The van der Waals surface area contributed by atoms with Crippen molar-refractivity contribution in [3.05, 3.63) is 16.1 Å². The highest BCUT2D eigenvalue weighted by Crippen LogP contribution is 2.17. The summed E-state index contributed by atoms with van der Waals surface area (Å²) in [5.41, 5.74) is 1.10. The third-order valence-corrected chi connectivity index (χ3v) is 5.18. The molecule has 0 unspecified atom stereocenters. The number of nitrogens with one attached hydrogen (secondary N) is 3. The molecule has 23 heavy (non-hydrogen) atoms. The quantitative estimate of drug-likeness (QED) is 0.229. The average Bonchev–Trinajstić information content (AvgIpc) is 2.95. The summed E-state index contributed by atoms with van der Waals surface area (Å²) in [7, 11) is -1.47. The molecule has 7 nitrogen and oxygen atoms in total. The van der Waals surface area contributed by atoms with Crippen molar-refractivity contribution >= 4 is 51.3 Å². The van der Waals surface area contributed by atoms with E-state index in [1.807, 2.05) is 0 Å². The Morgan fingerprint density at radius 1 is 1.35 bits per heavy atom. The second kappa shape index (κ2) is 11.2. The first-order valence-corrected chi connectivity index (χ1v) is 9.77. The van der Waals surface area contributed by atoms with Crippen molar-refractivity contribution in [1.29, 1.82) is 0 Å². The maximum atomic E-state index is 11.3. The summed E-state index contributed by atoms with van der Waals surface area (Å²) in [6, 6.07) is 0. The second-order valence-electron chi connectivity index (χ2n) is 4.97. The first kappa shape index (κ1) is 22.5. The summed E-state index contributed by atoms with van der Waals surface area (Å²) in [5.74, 6) is 1.13. The Hall–Kier alpha value is -0.460. The van der Waals surface area contributed by atoms with Crippen LogP contribution in [0.2, 0.25) is 0 Å². The Kier molecular flexibility index (Phi) is 10.9. The lowest BCUT2D eigenvalue weighted by Gasteiger charge is -2.11. The van der Waals surface area contributed by atoms with Gasteiger partial charge in [0.2, 0.25) is 10.0 Å². The zero-order chi connectivity index (χ0) is 16.6. The van der Waals surface area contributed by atoms with E-state index in [2.05, 4.69) is 44.6 Å². The van der Waals surface area contributed by atoms with Crippen LogP contribution in [-0.4, -0.2) is 45.3 Å². The third kappa shape index (κ3) is 8.82. The van der Waals surface area contributed by atoms with Crippen LogP contribution in [0.4, 0.5) is 0 Å². The van der Waals surface area contributed by atoms with Gasteiger partial charge in [0.05, 0.1) is 18.0 Å². The molecule has 0 bridgehead atoms. The lowest BCUT2D eigenvalue weighted by atomic mass is 10.2. The van der Waals surface area contributed by atoms with Crippen molar-refractivity contribution in [3.8, 4) is 0 Å². The Bertz CT molecular complexity index is 587. The maximum absolute atomic E-state index is 11.3. The fraction of sp³-hybridized carbons (Fsp3) is 0.692. The number of aromatic nitrogens is 1. The van der Waals surface area contributed by atoms with Gasteiger partial charge in [0.15, 0.2) is 5.96 Å². The van der Waals surface area contributed by atoms with Gasteiger partial charge in [-0.25, -0.2) is 18.1 Å². The van der Waals surface area contributed by atoms with Crippen molar-refractivity contribution in [1.82, 2.24) is 20.3 Å². The molecule has 0 amide bonds. The van der Waals surface area contributed by atoms with Crippen molar-refractivity contribution < 1.29 is 8.42 Å². The molecule has 3 N–H and O–H groups in total. The number of thiazole rings is 1. The molecule has 0 fully saturated rings. The van der Waals surface area contributed by atoms with Gasteiger partial charge in [-0.3, -0.25) is 4.99 Å². The molecule has 0 aromatic carbocycles. The standard InChI is InChI=1S/C13H25N5O2S2.HI/c1-5-22(19,20)17-7-6-15-13(14-4)16-8-12-18-11(9-21-12)10(2)3;/h9-10,17H,5-8H2,1-4H3,(H2,14,15,16);1H. The minimum atomic E-state index is -3.14. The molecule has 1 aromatic rings. The number of guanidine groups is 1. The van der Waals surface area contributed by atoms with Crippen molar-refractivity contribution in [2.75, 3.05) is 25.9 Å². The Morgan fingerprint density at radius 3 is 2.57 bits per heavy atom. The smallest absolute Gasteiger partial charge is 0.211 e. The van der Waals surface area contributed by atoms with Crippen LogP contribution in [0.15, 0.2) is 10.4 Å². The molecule has 0 aliphatic heterocycles. The van der Waals surface area contributed by atoms with E-state index in [0.717, 1.165) is 10.7 Å². The van der Waals surface area contributed by atoms with Crippen LogP contribution in [-0.2, 0) is 16.6 Å². The van der Waals surface area contributed by atoms with Gasteiger partial charge in [0.1, 0.15) is 5.01 Å². The van der Waals surface area contributed by atoms with Gasteiger partial charge < -0.3 is 10.6 Å². The Morgan fingerprint density at radius 2 is 2.04 bits per heavy atom. The van der Waals surface area contributed by atoms with Gasteiger partial charge in [0.25, 0.3) is 0 Å². The number of nitrogens with zero attached hydrogens (tertiary/aromatic N) is 2. The average molecular weight is 475 g/mol. The predicted molar refractivity (Wildman–Crippen MR) is 107 cm³/mol. The molecule has 1 heterocycles. The topological polar surface area (TPSA) is 95.5 Å². The van der Waals surface area contributed by atoms with Gasteiger partial charge in [-0.05, 0) is 12.8 Å². The normalized spacial score (nSPS) is 12.1. The maximum Gasteiger partial charge on any atom is 0.211 e.